The van der Waals surface area contributed by atoms with Crippen LogP contribution in [0.5, 0.6) is 17.2 Å². The summed E-state index contributed by atoms with van der Waals surface area (Å²) in [6.07, 6.45) is 6.58. The standard InChI is InChI=1S/C19H32O3/c1-5-8-11-20-17-14-18(21-12-9-6-2)16(4)19(15-17)22-13-10-7-3/h14-15H,5-13H2,1-4H3. The van der Waals surface area contributed by atoms with E-state index in [-0.39, 0.29) is 0 Å². The lowest BCUT2D eigenvalue weighted by atomic mass is 10.2. The molecule has 0 N–H and O–H groups in total. The minimum absolute atomic E-state index is 0.738. The van der Waals surface area contributed by atoms with Crippen molar-refractivity contribution in [2.24, 2.45) is 0 Å². The topological polar surface area (TPSA) is 27.7 Å². The zero-order valence-corrected chi connectivity index (χ0v) is 14.7. The second-order valence-electron chi connectivity index (χ2n) is 5.65. The molecular formula is C19H32O3. The summed E-state index contributed by atoms with van der Waals surface area (Å²) in [7, 11) is 0. The fraction of sp³-hybridized carbons (Fsp3) is 0.684. The van der Waals surface area contributed by atoms with Gasteiger partial charge in [0.2, 0.25) is 0 Å². The van der Waals surface area contributed by atoms with Gasteiger partial charge < -0.3 is 14.2 Å². The Hall–Kier alpha value is -1.38. The summed E-state index contributed by atoms with van der Waals surface area (Å²) in [6.45, 7) is 10.8. The van der Waals surface area contributed by atoms with Crippen LogP contribution in [0, 0.1) is 6.92 Å². The van der Waals surface area contributed by atoms with Crippen LogP contribution in [0.3, 0.4) is 0 Å². The maximum atomic E-state index is 5.91. The van der Waals surface area contributed by atoms with Crippen molar-refractivity contribution in [2.45, 2.75) is 66.2 Å². The number of unbranched alkanes of at least 4 members (excludes halogenated alkanes) is 3. The molecule has 126 valence electrons. The fourth-order valence-corrected chi connectivity index (χ4v) is 2.01. The quantitative estimate of drug-likeness (QED) is 0.475. The molecule has 0 aromatic heterocycles. The summed E-state index contributed by atoms with van der Waals surface area (Å²) < 4.78 is 17.7. The maximum Gasteiger partial charge on any atom is 0.129 e. The molecule has 1 rings (SSSR count). The Bertz CT molecular complexity index is 384. The van der Waals surface area contributed by atoms with Crippen LogP contribution in [0.15, 0.2) is 12.1 Å². The Balaban J connectivity index is 2.81. The van der Waals surface area contributed by atoms with Crippen molar-refractivity contribution < 1.29 is 14.2 Å². The van der Waals surface area contributed by atoms with E-state index in [4.69, 9.17) is 14.2 Å². The van der Waals surface area contributed by atoms with Gasteiger partial charge in [0.1, 0.15) is 17.2 Å². The molecule has 0 atom stereocenters. The molecule has 0 aliphatic heterocycles. The fourth-order valence-electron chi connectivity index (χ4n) is 2.01. The number of hydrogen-bond acceptors (Lipinski definition) is 3. The molecule has 0 saturated carbocycles. The predicted molar refractivity (Wildman–Crippen MR) is 92.4 cm³/mol. The van der Waals surface area contributed by atoms with Gasteiger partial charge in [-0.3, -0.25) is 0 Å². The lowest BCUT2D eigenvalue weighted by Gasteiger charge is -2.16. The zero-order valence-electron chi connectivity index (χ0n) is 14.7. The van der Waals surface area contributed by atoms with Gasteiger partial charge >= 0.3 is 0 Å². The molecule has 0 unspecified atom stereocenters. The summed E-state index contributed by atoms with van der Waals surface area (Å²) in [5.74, 6) is 2.61. The first-order chi connectivity index (χ1) is 10.7. The Morgan fingerprint density at radius 1 is 0.682 bits per heavy atom. The Morgan fingerprint density at radius 2 is 1.09 bits per heavy atom. The molecule has 0 fully saturated rings. The Kier molecular flexibility index (Phi) is 9.52. The van der Waals surface area contributed by atoms with Crippen LogP contribution in [0.25, 0.3) is 0 Å². The summed E-state index contributed by atoms with van der Waals surface area (Å²) >= 11 is 0. The smallest absolute Gasteiger partial charge is 0.129 e. The third-order valence-corrected chi connectivity index (χ3v) is 3.56. The van der Waals surface area contributed by atoms with E-state index in [0.29, 0.717) is 0 Å². The summed E-state index contributed by atoms with van der Waals surface area (Å²) in [5, 5.41) is 0. The third-order valence-electron chi connectivity index (χ3n) is 3.56. The molecule has 0 saturated heterocycles. The van der Waals surface area contributed by atoms with Gasteiger partial charge in [-0.2, -0.15) is 0 Å². The SMILES string of the molecule is CCCCOc1cc(OCCCC)c(C)c(OCCCC)c1. The van der Waals surface area contributed by atoms with Gasteiger partial charge in [0, 0.05) is 17.7 Å². The van der Waals surface area contributed by atoms with E-state index in [9.17, 15) is 0 Å². The van der Waals surface area contributed by atoms with Gasteiger partial charge in [-0.25, -0.2) is 0 Å². The molecule has 0 amide bonds. The highest BCUT2D eigenvalue weighted by Gasteiger charge is 2.11. The summed E-state index contributed by atoms with van der Waals surface area (Å²) in [6, 6.07) is 3.99. The molecular weight excluding hydrogens is 276 g/mol. The first kappa shape index (κ1) is 18.7. The normalized spacial score (nSPS) is 10.5. The number of hydrogen-bond donors (Lipinski definition) is 0. The average molecular weight is 308 g/mol. The highest BCUT2D eigenvalue weighted by atomic mass is 16.5. The van der Waals surface area contributed by atoms with E-state index < -0.39 is 0 Å². The predicted octanol–water partition coefficient (Wildman–Crippen LogP) is 5.53. The van der Waals surface area contributed by atoms with E-state index in [1.54, 1.807) is 0 Å². The highest BCUT2D eigenvalue weighted by molar-refractivity contribution is 5.49. The minimum atomic E-state index is 0.738. The van der Waals surface area contributed by atoms with Crippen molar-refractivity contribution in [2.75, 3.05) is 19.8 Å². The van der Waals surface area contributed by atoms with Crippen LogP contribution < -0.4 is 14.2 Å². The molecule has 3 nitrogen and oxygen atoms in total. The van der Waals surface area contributed by atoms with Crippen LogP contribution in [-0.4, -0.2) is 19.8 Å². The van der Waals surface area contributed by atoms with Gasteiger partial charge in [-0.1, -0.05) is 40.0 Å². The molecule has 0 radical (unpaired) electrons. The molecule has 1 aromatic carbocycles. The maximum absolute atomic E-state index is 5.91. The van der Waals surface area contributed by atoms with Crippen LogP contribution in [0.2, 0.25) is 0 Å². The highest BCUT2D eigenvalue weighted by Crippen LogP contribution is 2.34. The Labute approximate surface area is 136 Å². The average Bonchev–Trinajstić information content (AvgIpc) is 2.52. The van der Waals surface area contributed by atoms with Crippen LogP contribution >= 0.6 is 0 Å². The van der Waals surface area contributed by atoms with Crippen LogP contribution in [0.4, 0.5) is 0 Å². The van der Waals surface area contributed by atoms with Crippen molar-refractivity contribution in [3.8, 4) is 17.2 Å². The van der Waals surface area contributed by atoms with Crippen molar-refractivity contribution >= 4 is 0 Å². The summed E-state index contributed by atoms with van der Waals surface area (Å²) in [4.78, 5) is 0. The molecule has 0 aliphatic carbocycles. The van der Waals surface area contributed by atoms with Crippen molar-refractivity contribution in [3.05, 3.63) is 17.7 Å². The Morgan fingerprint density at radius 3 is 1.50 bits per heavy atom. The zero-order chi connectivity index (χ0) is 16.2. The first-order valence-corrected chi connectivity index (χ1v) is 8.75. The van der Waals surface area contributed by atoms with Crippen molar-refractivity contribution in [1.82, 2.24) is 0 Å². The van der Waals surface area contributed by atoms with Crippen LogP contribution in [0.1, 0.15) is 64.9 Å². The monoisotopic (exact) mass is 308 g/mol. The lowest BCUT2D eigenvalue weighted by molar-refractivity contribution is 0.277. The number of benzene rings is 1. The minimum Gasteiger partial charge on any atom is -0.493 e. The van der Waals surface area contributed by atoms with Crippen molar-refractivity contribution in [1.29, 1.82) is 0 Å². The molecule has 0 aliphatic rings. The molecule has 0 bridgehead atoms. The largest absolute Gasteiger partial charge is 0.493 e. The second-order valence-corrected chi connectivity index (χ2v) is 5.65. The van der Waals surface area contributed by atoms with Gasteiger partial charge in [-0.05, 0) is 26.2 Å². The number of ether oxygens (including phenoxy) is 3. The molecule has 22 heavy (non-hydrogen) atoms. The van der Waals surface area contributed by atoms with E-state index in [0.717, 1.165) is 81.2 Å². The summed E-state index contributed by atoms with van der Waals surface area (Å²) in [5.41, 5.74) is 1.06. The molecule has 0 heterocycles. The number of rotatable bonds is 12. The van der Waals surface area contributed by atoms with Gasteiger partial charge in [-0.15, -0.1) is 0 Å². The van der Waals surface area contributed by atoms with Crippen molar-refractivity contribution in [3.63, 3.8) is 0 Å². The molecule has 1 aromatic rings. The lowest BCUT2D eigenvalue weighted by Crippen LogP contribution is -2.04. The van der Waals surface area contributed by atoms with E-state index >= 15 is 0 Å². The van der Waals surface area contributed by atoms with E-state index in [1.165, 1.54) is 0 Å². The second kappa shape index (κ2) is 11.2. The third kappa shape index (κ3) is 6.59. The van der Waals surface area contributed by atoms with Gasteiger partial charge in [0.15, 0.2) is 0 Å². The van der Waals surface area contributed by atoms with E-state index in [1.807, 2.05) is 12.1 Å². The van der Waals surface area contributed by atoms with Gasteiger partial charge in [0.05, 0.1) is 19.8 Å². The van der Waals surface area contributed by atoms with E-state index in [2.05, 4.69) is 27.7 Å². The molecule has 0 spiro atoms. The molecule has 3 heteroatoms. The van der Waals surface area contributed by atoms with Crippen LogP contribution in [-0.2, 0) is 0 Å². The van der Waals surface area contributed by atoms with Gasteiger partial charge in [0.25, 0.3) is 0 Å². The first-order valence-electron chi connectivity index (χ1n) is 8.75.